The van der Waals surface area contributed by atoms with Gasteiger partial charge in [-0.2, -0.15) is 0 Å². The van der Waals surface area contributed by atoms with Crippen molar-refractivity contribution in [3.8, 4) is 5.75 Å². The third-order valence-electron chi connectivity index (χ3n) is 3.67. The standard InChI is InChI=1S/C16H24N4O/c1-13(17-11-10-16-19-18-12-20(16)2)4-5-14-6-8-15(21-3)9-7-14/h6-9,12-13,17H,4-5,10-11H2,1-3H3. The zero-order chi connectivity index (χ0) is 15.1. The molecule has 0 fully saturated rings. The van der Waals surface area contributed by atoms with Crippen LogP contribution in [0.1, 0.15) is 24.7 Å². The van der Waals surface area contributed by atoms with Crippen LogP contribution in [0, 0.1) is 0 Å². The number of hydrogen-bond acceptors (Lipinski definition) is 4. The maximum absolute atomic E-state index is 5.17. The van der Waals surface area contributed by atoms with Crippen LogP contribution in [-0.4, -0.2) is 34.5 Å². The minimum absolute atomic E-state index is 0.486. The Morgan fingerprint density at radius 3 is 2.62 bits per heavy atom. The molecule has 1 aromatic carbocycles. The molecule has 0 amide bonds. The molecule has 0 aliphatic heterocycles. The molecule has 0 aliphatic rings. The second-order valence-corrected chi connectivity index (χ2v) is 5.35. The van der Waals surface area contributed by atoms with E-state index >= 15 is 0 Å². The maximum Gasteiger partial charge on any atom is 0.133 e. The molecule has 1 heterocycles. The summed E-state index contributed by atoms with van der Waals surface area (Å²) in [5.74, 6) is 1.93. The Balaban J connectivity index is 1.67. The number of methoxy groups -OCH3 is 1. The van der Waals surface area contributed by atoms with Gasteiger partial charge in [-0.3, -0.25) is 0 Å². The summed E-state index contributed by atoms with van der Waals surface area (Å²) in [6.45, 7) is 3.15. The highest BCUT2D eigenvalue weighted by Crippen LogP contribution is 2.13. The van der Waals surface area contributed by atoms with Crippen LogP contribution in [0.3, 0.4) is 0 Å². The lowest BCUT2D eigenvalue weighted by Crippen LogP contribution is -2.29. The minimum Gasteiger partial charge on any atom is -0.497 e. The van der Waals surface area contributed by atoms with Crippen molar-refractivity contribution in [2.75, 3.05) is 13.7 Å². The predicted octanol–water partition coefficient (Wildman–Crippen LogP) is 1.98. The number of hydrogen-bond donors (Lipinski definition) is 1. The van der Waals surface area contributed by atoms with E-state index in [9.17, 15) is 0 Å². The van der Waals surface area contributed by atoms with Crippen molar-refractivity contribution in [3.63, 3.8) is 0 Å². The largest absolute Gasteiger partial charge is 0.497 e. The van der Waals surface area contributed by atoms with Crippen LogP contribution in [0.25, 0.3) is 0 Å². The Kier molecular flexibility index (Phi) is 5.75. The highest BCUT2D eigenvalue weighted by Gasteiger charge is 2.04. The molecular formula is C16H24N4O. The number of ether oxygens (including phenoxy) is 1. The normalized spacial score (nSPS) is 12.3. The van der Waals surface area contributed by atoms with Crippen LogP contribution in [0.2, 0.25) is 0 Å². The summed E-state index contributed by atoms with van der Waals surface area (Å²) in [4.78, 5) is 0. The van der Waals surface area contributed by atoms with Crippen molar-refractivity contribution in [1.82, 2.24) is 20.1 Å². The molecule has 5 nitrogen and oxygen atoms in total. The van der Waals surface area contributed by atoms with Gasteiger partial charge in [-0.05, 0) is 37.5 Å². The first-order valence-corrected chi connectivity index (χ1v) is 7.38. The van der Waals surface area contributed by atoms with Crippen molar-refractivity contribution in [2.24, 2.45) is 7.05 Å². The third kappa shape index (κ3) is 4.86. The van der Waals surface area contributed by atoms with Gasteiger partial charge in [-0.25, -0.2) is 0 Å². The molecule has 1 aromatic heterocycles. The van der Waals surface area contributed by atoms with Crippen molar-refractivity contribution in [3.05, 3.63) is 42.0 Å². The Labute approximate surface area is 126 Å². The van der Waals surface area contributed by atoms with E-state index in [0.29, 0.717) is 6.04 Å². The van der Waals surface area contributed by atoms with Crippen molar-refractivity contribution in [2.45, 2.75) is 32.2 Å². The minimum atomic E-state index is 0.486. The van der Waals surface area contributed by atoms with Crippen molar-refractivity contribution in [1.29, 1.82) is 0 Å². The molecule has 5 heteroatoms. The molecule has 1 unspecified atom stereocenters. The van der Waals surface area contributed by atoms with E-state index in [1.165, 1.54) is 5.56 Å². The summed E-state index contributed by atoms with van der Waals surface area (Å²) in [5, 5.41) is 11.5. The molecule has 0 aliphatic carbocycles. The lowest BCUT2D eigenvalue weighted by molar-refractivity contribution is 0.414. The van der Waals surface area contributed by atoms with Gasteiger partial charge in [-0.15, -0.1) is 10.2 Å². The quantitative estimate of drug-likeness (QED) is 0.807. The van der Waals surface area contributed by atoms with Gasteiger partial charge in [0.25, 0.3) is 0 Å². The van der Waals surface area contributed by atoms with Gasteiger partial charge >= 0.3 is 0 Å². The lowest BCUT2D eigenvalue weighted by Gasteiger charge is -2.13. The SMILES string of the molecule is COc1ccc(CCC(C)NCCc2nncn2C)cc1. The Morgan fingerprint density at radius 2 is 2.00 bits per heavy atom. The predicted molar refractivity (Wildman–Crippen MR) is 83.5 cm³/mol. The second kappa shape index (κ2) is 7.78. The fourth-order valence-electron chi connectivity index (χ4n) is 2.24. The van der Waals surface area contributed by atoms with Crippen LogP contribution >= 0.6 is 0 Å². The van der Waals surface area contributed by atoms with E-state index in [0.717, 1.165) is 37.4 Å². The first-order valence-electron chi connectivity index (χ1n) is 7.38. The fraction of sp³-hybridized carbons (Fsp3) is 0.500. The first kappa shape index (κ1) is 15.5. The number of rotatable bonds is 8. The molecule has 0 saturated heterocycles. The Hall–Kier alpha value is -1.88. The zero-order valence-corrected chi connectivity index (χ0v) is 13.0. The van der Waals surface area contributed by atoms with E-state index < -0.39 is 0 Å². The van der Waals surface area contributed by atoms with E-state index in [2.05, 4.69) is 34.6 Å². The van der Waals surface area contributed by atoms with E-state index in [4.69, 9.17) is 4.74 Å². The van der Waals surface area contributed by atoms with Crippen LogP contribution in [-0.2, 0) is 19.9 Å². The molecular weight excluding hydrogens is 264 g/mol. The zero-order valence-electron chi connectivity index (χ0n) is 13.0. The van der Waals surface area contributed by atoms with Gasteiger partial charge in [0.05, 0.1) is 7.11 Å². The Bertz CT molecular complexity index is 535. The molecule has 1 atom stereocenters. The number of aryl methyl sites for hydroxylation is 2. The third-order valence-corrected chi connectivity index (χ3v) is 3.67. The molecule has 0 bridgehead atoms. The van der Waals surface area contributed by atoms with Crippen LogP contribution in [0.5, 0.6) is 5.75 Å². The van der Waals surface area contributed by atoms with Gasteiger partial charge in [0, 0.05) is 26.1 Å². The average molecular weight is 288 g/mol. The maximum atomic E-state index is 5.17. The molecule has 1 N–H and O–H groups in total. The van der Waals surface area contributed by atoms with Crippen LogP contribution < -0.4 is 10.1 Å². The summed E-state index contributed by atoms with van der Waals surface area (Å²) in [7, 11) is 3.67. The number of nitrogens with one attached hydrogen (secondary N) is 1. The molecule has 114 valence electrons. The van der Waals surface area contributed by atoms with Gasteiger partial charge in [-0.1, -0.05) is 12.1 Å². The highest BCUT2D eigenvalue weighted by molar-refractivity contribution is 5.27. The van der Waals surface area contributed by atoms with Gasteiger partial charge in [0.2, 0.25) is 0 Å². The summed E-state index contributed by atoms with van der Waals surface area (Å²) in [5.41, 5.74) is 1.35. The van der Waals surface area contributed by atoms with Crippen LogP contribution in [0.4, 0.5) is 0 Å². The van der Waals surface area contributed by atoms with Gasteiger partial charge in [0.1, 0.15) is 17.9 Å². The smallest absolute Gasteiger partial charge is 0.133 e. The average Bonchev–Trinajstić information content (AvgIpc) is 2.91. The van der Waals surface area contributed by atoms with E-state index in [1.807, 2.05) is 23.7 Å². The topological polar surface area (TPSA) is 52.0 Å². The first-order chi connectivity index (χ1) is 10.2. The summed E-state index contributed by atoms with van der Waals surface area (Å²) in [6, 6.07) is 8.78. The lowest BCUT2D eigenvalue weighted by atomic mass is 10.1. The number of nitrogens with zero attached hydrogens (tertiary/aromatic N) is 3. The van der Waals surface area contributed by atoms with Gasteiger partial charge < -0.3 is 14.6 Å². The molecule has 2 aromatic rings. The monoisotopic (exact) mass is 288 g/mol. The number of benzene rings is 1. The van der Waals surface area contributed by atoms with E-state index in [-0.39, 0.29) is 0 Å². The second-order valence-electron chi connectivity index (χ2n) is 5.35. The summed E-state index contributed by atoms with van der Waals surface area (Å²) >= 11 is 0. The Morgan fingerprint density at radius 1 is 1.24 bits per heavy atom. The van der Waals surface area contributed by atoms with Crippen molar-refractivity contribution < 1.29 is 4.74 Å². The number of aromatic nitrogens is 3. The van der Waals surface area contributed by atoms with Crippen molar-refractivity contribution >= 4 is 0 Å². The molecule has 0 radical (unpaired) electrons. The summed E-state index contributed by atoms with van der Waals surface area (Å²) in [6.07, 6.45) is 4.83. The highest BCUT2D eigenvalue weighted by atomic mass is 16.5. The molecule has 2 rings (SSSR count). The molecule has 0 spiro atoms. The van der Waals surface area contributed by atoms with E-state index in [1.54, 1.807) is 13.4 Å². The molecule has 21 heavy (non-hydrogen) atoms. The fourth-order valence-corrected chi connectivity index (χ4v) is 2.24. The summed E-state index contributed by atoms with van der Waals surface area (Å²) < 4.78 is 7.13. The van der Waals surface area contributed by atoms with Crippen LogP contribution in [0.15, 0.2) is 30.6 Å². The molecule has 0 saturated carbocycles. The van der Waals surface area contributed by atoms with Gasteiger partial charge in [0.15, 0.2) is 0 Å².